The first-order valence-electron chi connectivity index (χ1n) is 8.13. The van der Waals surface area contributed by atoms with Crippen LogP contribution in [-0.4, -0.2) is 15.9 Å². The maximum Gasteiger partial charge on any atom is 0.260 e. The maximum atomic E-state index is 14.0. The number of hydrogen-bond acceptors (Lipinski definition) is 4. The third kappa shape index (κ3) is 3.54. The van der Waals surface area contributed by atoms with Gasteiger partial charge in [-0.15, -0.1) is 0 Å². The minimum Gasteiger partial charge on any atom is -0.279 e. The Morgan fingerprint density at radius 1 is 1.07 bits per heavy atom. The number of anilines is 1. The third-order valence-electron chi connectivity index (χ3n) is 3.97. The number of carbonyl (C=O) groups is 1. The Balaban J connectivity index is 1.79. The van der Waals surface area contributed by atoms with Gasteiger partial charge in [-0.25, -0.2) is 13.8 Å². The standard InChI is InChI=1S/C20H13F2N3OS/c21-15-6-1-5-14(10-15)19(26)25(12-13-4-3-9-23-11-13)20-24-18-16(22)7-2-8-17(18)27-20/h1-11H,12H2. The molecule has 4 rings (SSSR count). The topological polar surface area (TPSA) is 46.1 Å². The van der Waals surface area contributed by atoms with E-state index in [9.17, 15) is 13.6 Å². The summed E-state index contributed by atoms with van der Waals surface area (Å²) in [6, 6.07) is 13.7. The first-order valence-corrected chi connectivity index (χ1v) is 8.95. The largest absolute Gasteiger partial charge is 0.279 e. The molecule has 0 saturated heterocycles. The number of nitrogens with zero attached hydrogens (tertiary/aromatic N) is 3. The molecule has 0 fully saturated rings. The fourth-order valence-corrected chi connectivity index (χ4v) is 3.67. The number of benzene rings is 2. The van der Waals surface area contributed by atoms with Crippen LogP contribution in [0.15, 0.2) is 67.0 Å². The average molecular weight is 381 g/mol. The van der Waals surface area contributed by atoms with Gasteiger partial charge in [-0.3, -0.25) is 14.7 Å². The quantitative estimate of drug-likeness (QED) is 0.509. The molecule has 0 bridgehead atoms. The second-order valence-corrected chi connectivity index (χ2v) is 6.86. The van der Waals surface area contributed by atoms with E-state index in [-0.39, 0.29) is 17.6 Å². The molecule has 0 aliphatic heterocycles. The van der Waals surface area contributed by atoms with Gasteiger partial charge in [0.2, 0.25) is 0 Å². The normalized spacial score (nSPS) is 10.9. The molecule has 4 nitrogen and oxygen atoms in total. The Hall–Kier alpha value is -3.19. The van der Waals surface area contributed by atoms with Gasteiger partial charge in [-0.1, -0.05) is 29.5 Å². The zero-order valence-corrected chi connectivity index (χ0v) is 14.8. The van der Waals surface area contributed by atoms with Crippen molar-refractivity contribution in [3.05, 3.63) is 89.8 Å². The smallest absolute Gasteiger partial charge is 0.260 e. The number of para-hydroxylation sites is 1. The predicted molar refractivity (Wildman–Crippen MR) is 101 cm³/mol. The van der Waals surface area contributed by atoms with Gasteiger partial charge in [-0.05, 0) is 42.0 Å². The molecule has 2 heterocycles. The van der Waals surface area contributed by atoms with Crippen molar-refractivity contribution in [1.29, 1.82) is 0 Å². The van der Waals surface area contributed by atoms with E-state index in [0.717, 1.165) is 5.56 Å². The molecular formula is C20H13F2N3OS. The fraction of sp³-hybridized carbons (Fsp3) is 0.0500. The number of thiazole rings is 1. The van der Waals surface area contributed by atoms with Crippen LogP contribution in [0.5, 0.6) is 0 Å². The summed E-state index contributed by atoms with van der Waals surface area (Å²) in [5.41, 5.74) is 1.18. The van der Waals surface area contributed by atoms with E-state index in [2.05, 4.69) is 9.97 Å². The summed E-state index contributed by atoms with van der Waals surface area (Å²) >= 11 is 1.21. The molecule has 2 aromatic carbocycles. The summed E-state index contributed by atoms with van der Waals surface area (Å²) in [4.78, 5) is 22.9. The van der Waals surface area contributed by atoms with Gasteiger partial charge in [0, 0.05) is 18.0 Å². The number of hydrogen-bond donors (Lipinski definition) is 0. The van der Waals surface area contributed by atoms with Gasteiger partial charge in [-0.2, -0.15) is 0 Å². The highest BCUT2D eigenvalue weighted by Crippen LogP contribution is 2.32. The van der Waals surface area contributed by atoms with Crippen molar-refractivity contribution >= 4 is 32.6 Å². The van der Waals surface area contributed by atoms with Crippen LogP contribution in [0.2, 0.25) is 0 Å². The second kappa shape index (κ2) is 7.20. The lowest BCUT2D eigenvalue weighted by atomic mass is 10.2. The molecule has 134 valence electrons. The molecule has 4 aromatic rings. The van der Waals surface area contributed by atoms with Crippen molar-refractivity contribution in [3.63, 3.8) is 0 Å². The summed E-state index contributed by atoms with van der Waals surface area (Å²) < 4.78 is 28.3. The lowest BCUT2D eigenvalue weighted by Crippen LogP contribution is -2.30. The molecule has 0 aliphatic rings. The first kappa shape index (κ1) is 17.2. The van der Waals surface area contributed by atoms with E-state index in [1.165, 1.54) is 46.6 Å². The second-order valence-electron chi connectivity index (χ2n) is 5.85. The van der Waals surface area contributed by atoms with E-state index in [0.29, 0.717) is 9.83 Å². The summed E-state index contributed by atoms with van der Waals surface area (Å²) in [5.74, 6) is -1.37. The van der Waals surface area contributed by atoms with Crippen LogP contribution in [0.1, 0.15) is 15.9 Å². The van der Waals surface area contributed by atoms with Crippen LogP contribution in [-0.2, 0) is 6.54 Å². The van der Waals surface area contributed by atoms with Crippen LogP contribution >= 0.6 is 11.3 Å². The molecule has 0 atom stereocenters. The van der Waals surface area contributed by atoms with Crippen LogP contribution in [0.25, 0.3) is 10.2 Å². The molecule has 0 aliphatic carbocycles. The van der Waals surface area contributed by atoms with Crippen LogP contribution in [0.3, 0.4) is 0 Å². The van der Waals surface area contributed by atoms with Crippen LogP contribution < -0.4 is 4.90 Å². The molecule has 0 radical (unpaired) electrons. The van der Waals surface area contributed by atoms with E-state index in [1.807, 2.05) is 6.07 Å². The molecule has 1 amide bonds. The van der Waals surface area contributed by atoms with Gasteiger partial charge in [0.15, 0.2) is 5.13 Å². The number of fused-ring (bicyclic) bond motifs is 1. The minimum atomic E-state index is -0.502. The van der Waals surface area contributed by atoms with Gasteiger partial charge < -0.3 is 0 Å². The number of amides is 1. The highest BCUT2D eigenvalue weighted by Gasteiger charge is 2.23. The van der Waals surface area contributed by atoms with Crippen molar-refractivity contribution < 1.29 is 13.6 Å². The Morgan fingerprint density at radius 2 is 1.93 bits per heavy atom. The Kier molecular flexibility index (Phi) is 4.60. The third-order valence-corrected chi connectivity index (χ3v) is 5.01. The summed E-state index contributed by atoms with van der Waals surface area (Å²) in [6.45, 7) is 0.185. The Labute approximate surface area is 157 Å². The molecule has 7 heteroatoms. The van der Waals surface area contributed by atoms with Crippen molar-refractivity contribution in [2.75, 3.05) is 4.90 Å². The van der Waals surface area contributed by atoms with Crippen molar-refractivity contribution in [2.24, 2.45) is 0 Å². The van der Waals surface area contributed by atoms with Gasteiger partial charge in [0.25, 0.3) is 5.91 Å². The fourth-order valence-electron chi connectivity index (χ4n) is 2.70. The van der Waals surface area contributed by atoms with Crippen molar-refractivity contribution in [2.45, 2.75) is 6.54 Å². The Morgan fingerprint density at radius 3 is 2.67 bits per heavy atom. The van der Waals surface area contributed by atoms with E-state index in [4.69, 9.17) is 0 Å². The number of pyridine rings is 1. The maximum absolute atomic E-state index is 14.0. The Bertz CT molecular complexity index is 1110. The monoisotopic (exact) mass is 381 g/mol. The highest BCUT2D eigenvalue weighted by atomic mass is 32.1. The van der Waals surface area contributed by atoms with Crippen LogP contribution in [0.4, 0.5) is 13.9 Å². The van der Waals surface area contributed by atoms with Crippen molar-refractivity contribution in [1.82, 2.24) is 9.97 Å². The van der Waals surface area contributed by atoms with Gasteiger partial charge >= 0.3 is 0 Å². The molecule has 0 saturated carbocycles. The zero-order valence-electron chi connectivity index (χ0n) is 14.0. The molecule has 0 N–H and O–H groups in total. The molecular weight excluding hydrogens is 368 g/mol. The minimum absolute atomic E-state index is 0.185. The predicted octanol–water partition coefficient (Wildman–Crippen LogP) is 4.82. The summed E-state index contributed by atoms with van der Waals surface area (Å²) in [7, 11) is 0. The first-order chi connectivity index (χ1) is 13.1. The average Bonchev–Trinajstić information content (AvgIpc) is 3.12. The molecule has 27 heavy (non-hydrogen) atoms. The molecule has 0 spiro atoms. The number of rotatable bonds is 4. The number of aromatic nitrogens is 2. The number of carbonyl (C=O) groups excluding carboxylic acids is 1. The van der Waals surface area contributed by atoms with E-state index >= 15 is 0 Å². The molecule has 0 unspecified atom stereocenters. The zero-order chi connectivity index (χ0) is 18.8. The SMILES string of the molecule is O=C(c1cccc(F)c1)N(Cc1cccnc1)c1nc2c(F)cccc2s1. The van der Waals surface area contributed by atoms with Crippen LogP contribution in [0, 0.1) is 11.6 Å². The lowest BCUT2D eigenvalue weighted by molar-refractivity contribution is 0.0984. The number of halogens is 2. The van der Waals surface area contributed by atoms with Gasteiger partial charge in [0.05, 0.1) is 11.2 Å². The molecule has 2 aromatic heterocycles. The van der Waals surface area contributed by atoms with E-state index in [1.54, 1.807) is 30.6 Å². The lowest BCUT2D eigenvalue weighted by Gasteiger charge is -2.20. The van der Waals surface area contributed by atoms with Crippen molar-refractivity contribution in [3.8, 4) is 0 Å². The summed E-state index contributed by atoms with van der Waals surface area (Å²) in [5, 5.41) is 0.341. The summed E-state index contributed by atoms with van der Waals surface area (Å²) in [6.07, 6.45) is 3.27. The highest BCUT2D eigenvalue weighted by molar-refractivity contribution is 7.22. The van der Waals surface area contributed by atoms with Gasteiger partial charge in [0.1, 0.15) is 17.2 Å². The van der Waals surface area contributed by atoms with E-state index < -0.39 is 17.5 Å².